The summed E-state index contributed by atoms with van der Waals surface area (Å²) < 4.78 is 0. The average Bonchev–Trinajstić information content (AvgIpc) is 2.54. The Bertz CT molecular complexity index is 512. The third-order valence-corrected chi connectivity index (χ3v) is 2.65. The highest BCUT2D eigenvalue weighted by atomic mass is 16.4. The summed E-state index contributed by atoms with van der Waals surface area (Å²) in [4.78, 5) is 9.70. The van der Waals surface area contributed by atoms with Crippen LogP contribution < -0.4 is 5.32 Å². The smallest absolute Gasteiger partial charge is 0.317 e. The molecule has 0 aliphatic heterocycles. The first kappa shape index (κ1) is 16.6. The molecule has 0 unspecified atom stereocenters. The van der Waals surface area contributed by atoms with Crippen LogP contribution >= 0.6 is 0 Å². The number of carbonyl (C=O) groups is 1. The maximum absolute atomic E-state index is 9.70. The molecule has 4 heteroatoms. The second kappa shape index (κ2) is 9.44. The number of carboxylic acids is 1. The summed E-state index contributed by atoms with van der Waals surface area (Å²) in [5.41, 5.74) is 2.49. The van der Waals surface area contributed by atoms with E-state index < -0.39 is 5.97 Å². The first-order valence-electron chi connectivity index (χ1n) is 6.77. The van der Waals surface area contributed by atoms with Crippen LogP contribution in [0.25, 0.3) is 0 Å². The fourth-order valence-corrected chi connectivity index (χ4v) is 1.61. The Kier molecular flexibility index (Phi) is 7.46. The van der Waals surface area contributed by atoms with Crippen LogP contribution in [0.15, 0.2) is 60.7 Å². The van der Waals surface area contributed by atoms with Crippen molar-refractivity contribution in [2.75, 3.05) is 13.1 Å². The molecule has 0 saturated carbocycles. The van der Waals surface area contributed by atoms with Crippen molar-refractivity contribution >= 4 is 11.7 Å². The topological polar surface area (TPSA) is 73.2 Å². The van der Waals surface area contributed by atoms with Gasteiger partial charge in [0.1, 0.15) is 0 Å². The zero-order chi connectivity index (χ0) is 15.5. The zero-order valence-corrected chi connectivity index (χ0v) is 12.0. The summed E-state index contributed by atoms with van der Waals surface area (Å²) in [7, 11) is 0. The van der Waals surface area contributed by atoms with Crippen LogP contribution in [0.1, 0.15) is 18.1 Å². The quantitative estimate of drug-likeness (QED) is 0.739. The SMILES string of the molecule is CCNCC(=O)O.N=C(c1ccccc1)c1ccccc1. The van der Waals surface area contributed by atoms with Crippen LogP contribution in [0.4, 0.5) is 0 Å². The molecular weight excluding hydrogens is 264 g/mol. The van der Waals surface area contributed by atoms with Gasteiger partial charge >= 0.3 is 5.97 Å². The van der Waals surface area contributed by atoms with Gasteiger partial charge in [-0.05, 0) is 17.7 Å². The summed E-state index contributed by atoms with van der Waals surface area (Å²) >= 11 is 0. The van der Waals surface area contributed by atoms with Crippen molar-refractivity contribution in [2.45, 2.75) is 6.92 Å². The Morgan fingerprint density at radius 3 is 1.71 bits per heavy atom. The van der Waals surface area contributed by atoms with Crippen LogP contribution in [0, 0.1) is 5.41 Å². The molecule has 2 aromatic carbocycles. The fraction of sp³-hybridized carbons (Fsp3) is 0.176. The van der Waals surface area contributed by atoms with E-state index in [0.717, 1.165) is 11.1 Å². The fourth-order valence-electron chi connectivity index (χ4n) is 1.61. The Morgan fingerprint density at radius 1 is 1.00 bits per heavy atom. The van der Waals surface area contributed by atoms with Crippen molar-refractivity contribution in [2.24, 2.45) is 0 Å². The van der Waals surface area contributed by atoms with E-state index in [2.05, 4.69) is 5.32 Å². The minimum Gasteiger partial charge on any atom is -0.480 e. The molecule has 0 aliphatic carbocycles. The van der Waals surface area contributed by atoms with Crippen LogP contribution in [-0.2, 0) is 4.79 Å². The van der Waals surface area contributed by atoms with Crippen LogP contribution in [-0.4, -0.2) is 29.9 Å². The lowest BCUT2D eigenvalue weighted by Crippen LogP contribution is -2.21. The molecule has 0 radical (unpaired) electrons. The second-order valence-electron chi connectivity index (χ2n) is 4.28. The van der Waals surface area contributed by atoms with Crippen molar-refractivity contribution in [3.63, 3.8) is 0 Å². The first-order chi connectivity index (χ1) is 10.1. The lowest BCUT2D eigenvalue weighted by atomic mass is 10.0. The van der Waals surface area contributed by atoms with Gasteiger partial charge in [0.15, 0.2) is 0 Å². The molecule has 0 saturated heterocycles. The third kappa shape index (κ3) is 6.49. The Morgan fingerprint density at radius 2 is 1.43 bits per heavy atom. The third-order valence-electron chi connectivity index (χ3n) is 2.65. The van der Waals surface area contributed by atoms with Gasteiger partial charge in [-0.1, -0.05) is 67.6 Å². The van der Waals surface area contributed by atoms with Crippen LogP contribution in [0.5, 0.6) is 0 Å². The number of rotatable bonds is 5. The first-order valence-corrected chi connectivity index (χ1v) is 6.77. The second-order valence-corrected chi connectivity index (χ2v) is 4.28. The summed E-state index contributed by atoms with van der Waals surface area (Å²) in [6.45, 7) is 2.64. The molecule has 0 spiro atoms. The maximum Gasteiger partial charge on any atom is 0.317 e. The Hall–Kier alpha value is -2.46. The van der Waals surface area contributed by atoms with Gasteiger partial charge in [-0.3, -0.25) is 10.2 Å². The molecule has 110 valence electrons. The Labute approximate surface area is 125 Å². The zero-order valence-electron chi connectivity index (χ0n) is 12.0. The molecule has 2 aromatic rings. The average molecular weight is 284 g/mol. The van der Waals surface area contributed by atoms with Gasteiger partial charge in [-0.25, -0.2) is 0 Å². The number of aliphatic carboxylic acids is 1. The van der Waals surface area contributed by atoms with Crippen molar-refractivity contribution in [3.8, 4) is 0 Å². The van der Waals surface area contributed by atoms with Crippen LogP contribution in [0.2, 0.25) is 0 Å². The molecule has 0 aromatic heterocycles. The lowest BCUT2D eigenvalue weighted by molar-refractivity contribution is -0.135. The van der Waals surface area contributed by atoms with Crippen molar-refractivity contribution in [3.05, 3.63) is 71.8 Å². The molecule has 4 nitrogen and oxygen atoms in total. The largest absolute Gasteiger partial charge is 0.480 e. The highest BCUT2D eigenvalue weighted by Crippen LogP contribution is 2.08. The normalized spacial score (nSPS) is 9.38. The number of benzene rings is 2. The van der Waals surface area contributed by atoms with Crippen LogP contribution in [0.3, 0.4) is 0 Å². The van der Waals surface area contributed by atoms with E-state index in [1.807, 2.05) is 67.6 Å². The maximum atomic E-state index is 9.70. The van der Waals surface area contributed by atoms with Gasteiger partial charge in [0, 0.05) is 0 Å². The summed E-state index contributed by atoms with van der Waals surface area (Å²) in [6.07, 6.45) is 0. The predicted octanol–water partition coefficient (Wildman–Crippen LogP) is 2.78. The minimum absolute atomic E-state index is 0.0660. The van der Waals surface area contributed by atoms with Crippen molar-refractivity contribution in [1.29, 1.82) is 5.41 Å². The number of hydrogen-bond donors (Lipinski definition) is 3. The monoisotopic (exact) mass is 284 g/mol. The van der Waals surface area contributed by atoms with Crippen molar-refractivity contribution < 1.29 is 9.90 Å². The van der Waals surface area contributed by atoms with E-state index in [1.165, 1.54) is 0 Å². The van der Waals surface area contributed by atoms with Gasteiger partial charge in [0.2, 0.25) is 0 Å². The predicted molar refractivity (Wildman–Crippen MR) is 85.0 cm³/mol. The number of hydrogen-bond acceptors (Lipinski definition) is 3. The molecular formula is C17H20N2O2. The van der Waals surface area contributed by atoms with Crippen molar-refractivity contribution in [1.82, 2.24) is 5.32 Å². The highest BCUT2D eigenvalue weighted by Gasteiger charge is 2.01. The molecule has 2 rings (SSSR count). The molecule has 0 amide bonds. The summed E-state index contributed by atoms with van der Waals surface area (Å²) in [5, 5.41) is 18.6. The summed E-state index contributed by atoms with van der Waals surface area (Å²) in [5.74, 6) is -0.804. The van der Waals surface area contributed by atoms with E-state index in [9.17, 15) is 4.79 Å². The van der Waals surface area contributed by atoms with E-state index in [0.29, 0.717) is 12.3 Å². The van der Waals surface area contributed by atoms with E-state index >= 15 is 0 Å². The van der Waals surface area contributed by atoms with Gasteiger partial charge in [-0.15, -0.1) is 0 Å². The van der Waals surface area contributed by atoms with Gasteiger partial charge in [0.25, 0.3) is 0 Å². The molecule has 0 fully saturated rings. The molecule has 3 N–H and O–H groups in total. The molecule has 0 bridgehead atoms. The van der Waals surface area contributed by atoms with Gasteiger partial charge in [0.05, 0.1) is 12.3 Å². The van der Waals surface area contributed by atoms with E-state index in [-0.39, 0.29) is 6.54 Å². The van der Waals surface area contributed by atoms with E-state index in [1.54, 1.807) is 0 Å². The molecule has 21 heavy (non-hydrogen) atoms. The van der Waals surface area contributed by atoms with E-state index in [4.69, 9.17) is 10.5 Å². The molecule has 0 atom stereocenters. The number of carboxylic acid groups (broad SMARTS) is 1. The van der Waals surface area contributed by atoms with Gasteiger partial charge < -0.3 is 10.4 Å². The molecule has 0 aliphatic rings. The highest BCUT2D eigenvalue weighted by molar-refractivity contribution is 6.10. The minimum atomic E-state index is -0.804. The number of nitrogens with one attached hydrogen (secondary N) is 2. The lowest BCUT2D eigenvalue weighted by Gasteiger charge is -2.02. The Balaban J connectivity index is 0.000000270. The summed E-state index contributed by atoms with van der Waals surface area (Å²) in [6, 6.07) is 19.5. The standard InChI is InChI=1S/C13H11N.C4H9NO2/c14-13(11-7-3-1-4-8-11)12-9-5-2-6-10-12;1-2-5-3-4(6)7/h1-10,14H;5H,2-3H2,1H3,(H,6,7). The van der Waals surface area contributed by atoms with Gasteiger partial charge in [-0.2, -0.15) is 0 Å². The molecule has 0 heterocycles. The number of likely N-dealkylation sites (N-methyl/N-ethyl adjacent to an activating group) is 1.